The van der Waals surface area contributed by atoms with Crippen molar-refractivity contribution >= 4 is 29.1 Å². The minimum atomic E-state index is -0.566. The molecule has 0 saturated carbocycles. The van der Waals surface area contributed by atoms with Crippen LogP contribution in [0, 0.1) is 18.3 Å². The third kappa shape index (κ3) is 7.01. The van der Waals surface area contributed by atoms with E-state index in [0.717, 1.165) is 24.0 Å². The number of benzene rings is 2. The van der Waals surface area contributed by atoms with Gasteiger partial charge in [-0.3, -0.25) is 14.6 Å². The summed E-state index contributed by atoms with van der Waals surface area (Å²) in [6.45, 7) is 2.26. The zero-order valence-electron chi connectivity index (χ0n) is 25.3. The molecule has 1 aromatic heterocycles. The maximum Gasteiger partial charge on any atom is 0.343 e. The molecular formula is C33H40ClN7O3. The highest BCUT2D eigenvalue weighted by Gasteiger charge is 2.33. The number of anilines is 1. The van der Waals surface area contributed by atoms with Crippen molar-refractivity contribution in [1.82, 2.24) is 29.5 Å². The summed E-state index contributed by atoms with van der Waals surface area (Å²) < 4.78 is 1.50. The highest BCUT2D eigenvalue weighted by Crippen LogP contribution is 2.29. The largest absolute Gasteiger partial charge is 0.397 e. The van der Waals surface area contributed by atoms with E-state index in [-0.39, 0.29) is 30.0 Å². The Bertz CT molecular complexity index is 1580. The molecule has 2 aliphatic rings. The molecule has 0 aliphatic carbocycles. The van der Waals surface area contributed by atoms with Crippen molar-refractivity contribution in [3.8, 4) is 23.7 Å². The summed E-state index contributed by atoms with van der Waals surface area (Å²) in [5.74, 6) is 2.42. The molecule has 3 N–H and O–H groups in total. The molecule has 10 nitrogen and oxygen atoms in total. The van der Waals surface area contributed by atoms with Crippen LogP contribution >= 0.6 is 11.6 Å². The van der Waals surface area contributed by atoms with Gasteiger partial charge in [-0.15, -0.1) is 11.5 Å². The number of aromatic nitrogens is 3. The van der Waals surface area contributed by atoms with Crippen molar-refractivity contribution in [2.24, 2.45) is 5.92 Å². The first kappa shape index (κ1) is 31.4. The predicted molar refractivity (Wildman–Crippen MR) is 172 cm³/mol. The number of amides is 2. The van der Waals surface area contributed by atoms with Gasteiger partial charge in [-0.2, -0.15) is 0 Å². The first-order valence-electron chi connectivity index (χ1n) is 15.2. The van der Waals surface area contributed by atoms with Crippen LogP contribution < -0.4 is 11.4 Å². The lowest BCUT2D eigenvalue weighted by atomic mass is 9.91. The number of nitrogens with two attached hydrogens (primary N) is 1. The minimum absolute atomic E-state index is 0.0304. The minimum Gasteiger partial charge on any atom is -0.397 e. The van der Waals surface area contributed by atoms with E-state index in [0.29, 0.717) is 73.6 Å². The Balaban J connectivity index is 1.27. The number of hydrogen-bond donors (Lipinski definition) is 2. The fraction of sp³-hybridized carbons (Fsp3) is 0.455. The Labute approximate surface area is 263 Å². The molecule has 2 fully saturated rings. The third-order valence-corrected chi connectivity index (χ3v) is 9.27. The molecule has 3 aromatic rings. The Morgan fingerprint density at radius 2 is 1.75 bits per heavy atom. The van der Waals surface area contributed by atoms with Gasteiger partial charge < -0.3 is 20.4 Å². The summed E-state index contributed by atoms with van der Waals surface area (Å²) in [5, 5.41) is 4.88. The molecular weight excluding hydrogens is 578 g/mol. The Hall–Kier alpha value is -4.07. The molecule has 0 spiro atoms. The van der Waals surface area contributed by atoms with Gasteiger partial charge >= 0.3 is 5.69 Å². The number of nitrogen functional groups attached to an aromatic ring is 1. The van der Waals surface area contributed by atoms with E-state index in [2.05, 4.69) is 35.0 Å². The van der Waals surface area contributed by atoms with Gasteiger partial charge in [-0.05, 0) is 63.9 Å². The zero-order chi connectivity index (χ0) is 31.4. The van der Waals surface area contributed by atoms with Gasteiger partial charge in [-0.25, -0.2) is 9.48 Å². The number of rotatable bonds is 8. The van der Waals surface area contributed by atoms with Gasteiger partial charge in [-0.1, -0.05) is 47.9 Å². The van der Waals surface area contributed by atoms with Gasteiger partial charge in [0.25, 0.3) is 0 Å². The highest BCUT2D eigenvalue weighted by atomic mass is 35.5. The number of piperidine rings is 2. The number of nitrogens with zero attached hydrogens (tertiary/aromatic N) is 5. The summed E-state index contributed by atoms with van der Waals surface area (Å²) >= 11 is 6.37. The van der Waals surface area contributed by atoms with Gasteiger partial charge in [0.15, 0.2) is 5.82 Å². The topological polar surface area (TPSA) is 121 Å². The summed E-state index contributed by atoms with van der Waals surface area (Å²) in [6.07, 6.45) is 9.02. The number of nitrogens with one attached hydrogen (secondary N) is 1. The number of carbonyl (C=O) groups is 2. The van der Waals surface area contributed by atoms with Crippen LogP contribution in [0.2, 0.25) is 5.02 Å². The molecule has 2 amide bonds. The van der Waals surface area contributed by atoms with Crippen LogP contribution in [-0.4, -0.2) is 87.6 Å². The van der Waals surface area contributed by atoms with Gasteiger partial charge in [0.1, 0.15) is 0 Å². The lowest BCUT2D eigenvalue weighted by Gasteiger charge is -2.37. The molecule has 11 heteroatoms. The number of halogens is 1. The fourth-order valence-corrected chi connectivity index (χ4v) is 6.56. The molecule has 0 bridgehead atoms. The van der Waals surface area contributed by atoms with E-state index in [1.54, 1.807) is 17.0 Å². The van der Waals surface area contributed by atoms with Crippen LogP contribution in [0.15, 0.2) is 47.3 Å². The second-order valence-corrected chi connectivity index (χ2v) is 12.4. The average Bonchev–Trinajstić information content (AvgIpc) is 3.43. The summed E-state index contributed by atoms with van der Waals surface area (Å²) in [5.41, 5.74) is 8.20. The molecule has 1 atom stereocenters. The van der Waals surface area contributed by atoms with Crippen LogP contribution in [-0.2, 0) is 16.0 Å². The maximum atomic E-state index is 13.9. The molecule has 3 heterocycles. The zero-order valence-corrected chi connectivity index (χ0v) is 26.1. The monoisotopic (exact) mass is 617 g/mol. The number of carbonyl (C=O) groups excluding carboxylic acids is 2. The fourth-order valence-electron chi connectivity index (χ4n) is 6.31. The Morgan fingerprint density at radius 3 is 2.39 bits per heavy atom. The van der Waals surface area contributed by atoms with Crippen molar-refractivity contribution in [3.05, 3.63) is 69.1 Å². The van der Waals surface area contributed by atoms with Crippen LogP contribution in [0.25, 0.3) is 11.4 Å². The third-order valence-electron chi connectivity index (χ3n) is 8.96. The summed E-state index contributed by atoms with van der Waals surface area (Å²) in [6, 6.07) is 13.3. The molecule has 2 aromatic carbocycles. The van der Waals surface area contributed by atoms with Crippen LogP contribution in [0.1, 0.15) is 49.3 Å². The lowest BCUT2D eigenvalue weighted by molar-refractivity contribution is -0.142. The SMILES string of the molecule is C#Cc1cc(C[C@@H](CC(=O)N2CCC(n3nc(-c4ccccc4)[nH]c3=O)CC2)C(=O)N2CCC(N(C)C)CC2)cc(Cl)c1N. The van der Waals surface area contributed by atoms with E-state index in [9.17, 15) is 14.4 Å². The van der Waals surface area contributed by atoms with E-state index >= 15 is 0 Å². The first-order valence-corrected chi connectivity index (χ1v) is 15.5. The molecule has 2 aliphatic heterocycles. The van der Waals surface area contributed by atoms with Gasteiger partial charge in [0.05, 0.1) is 22.7 Å². The smallest absolute Gasteiger partial charge is 0.343 e. The van der Waals surface area contributed by atoms with E-state index in [1.807, 2.05) is 35.2 Å². The van der Waals surface area contributed by atoms with Crippen molar-refractivity contribution in [2.75, 3.05) is 46.0 Å². The normalized spacial score (nSPS) is 17.1. The number of H-pyrrole nitrogens is 1. The van der Waals surface area contributed by atoms with Crippen LogP contribution in [0.3, 0.4) is 0 Å². The van der Waals surface area contributed by atoms with Crippen LogP contribution in [0.4, 0.5) is 5.69 Å². The summed E-state index contributed by atoms with van der Waals surface area (Å²) in [4.78, 5) is 49.0. The van der Waals surface area contributed by atoms with Gasteiger partial charge in [0, 0.05) is 49.8 Å². The van der Waals surface area contributed by atoms with Crippen molar-refractivity contribution < 1.29 is 9.59 Å². The first-order chi connectivity index (χ1) is 21.1. The molecule has 5 rings (SSSR count). The lowest BCUT2D eigenvalue weighted by Crippen LogP contribution is -2.48. The van der Waals surface area contributed by atoms with E-state index in [1.165, 1.54) is 4.68 Å². The maximum absolute atomic E-state index is 13.9. The number of terminal acetylenes is 1. The number of likely N-dealkylation sites (tertiary alicyclic amines) is 2. The summed E-state index contributed by atoms with van der Waals surface area (Å²) in [7, 11) is 4.12. The van der Waals surface area contributed by atoms with Crippen molar-refractivity contribution in [3.63, 3.8) is 0 Å². The van der Waals surface area contributed by atoms with Crippen molar-refractivity contribution in [2.45, 2.75) is 50.6 Å². The second kappa shape index (κ2) is 13.7. The van der Waals surface area contributed by atoms with E-state index < -0.39 is 5.92 Å². The quantitative estimate of drug-likeness (QED) is 0.295. The highest BCUT2D eigenvalue weighted by molar-refractivity contribution is 6.33. The number of aromatic amines is 1. The average molecular weight is 618 g/mol. The second-order valence-electron chi connectivity index (χ2n) is 12.0. The Kier molecular flexibility index (Phi) is 9.77. The van der Waals surface area contributed by atoms with E-state index in [4.69, 9.17) is 23.8 Å². The van der Waals surface area contributed by atoms with Crippen molar-refractivity contribution in [1.29, 1.82) is 0 Å². The standard InChI is InChI=1S/C33H40ClN7O3/c1-4-23-18-22(20-28(34)30(23)35)19-25(32(43)40-16-10-26(11-17-40)38(2)3)21-29(42)39-14-12-27(13-15-39)41-33(44)36-31(37-41)24-8-6-5-7-9-24/h1,5-9,18,20,25-27H,10-17,19,21,35H2,2-3H3,(H,36,37,44)/t25-/m0/s1. The molecule has 44 heavy (non-hydrogen) atoms. The predicted octanol–water partition coefficient (Wildman–Crippen LogP) is 3.42. The van der Waals surface area contributed by atoms with Crippen LogP contribution in [0.5, 0.6) is 0 Å². The molecule has 0 radical (unpaired) electrons. The molecule has 0 unspecified atom stereocenters. The molecule has 2 saturated heterocycles. The number of hydrogen-bond acceptors (Lipinski definition) is 6. The van der Waals surface area contributed by atoms with Gasteiger partial charge in [0.2, 0.25) is 11.8 Å². The Morgan fingerprint density at radius 1 is 1.09 bits per heavy atom. The molecule has 232 valence electrons.